The fourth-order valence-corrected chi connectivity index (χ4v) is 1.89. The van der Waals surface area contributed by atoms with E-state index in [1.165, 1.54) is 0 Å². The molecule has 0 spiro atoms. The molecule has 0 bridgehead atoms. The number of nitrogens with zero attached hydrogens (tertiary/aromatic N) is 1. The van der Waals surface area contributed by atoms with Gasteiger partial charge in [0.25, 0.3) is 0 Å². The van der Waals surface area contributed by atoms with Crippen LogP contribution < -0.4 is 4.74 Å². The Morgan fingerprint density at radius 1 is 1.44 bits per heavy atom. The molecule has 0 aliphatic rings. The Morgan fingerprint density at radius 3 is 2.81 bits per heavy atom. The molecular weight excluding hydrogens is 268 g/mol. The molecule has 0 radical (unpaired) electrons. The van der Waals surface area contributed by atoms with Gasteiger partial charge in [-0.1, -0.05) is 0 Å². The number of hydrogen-bond donors (Lipinski definition) is 1. The first-order valence-electron chi connectivity index (χ1n) is 5.15. The van der Waals surface area contributed by atoms with Gasteiger partial charge in [-0.05, 0) is 53.5 Å². The molecule has 0 fully saturated rings. The zero-order valence-electron chi connectivity index (χ0n) is 9.25. The van der Waals surface area contributed by atoms with Crippen molar-refractivity contribution in [1.82, 2.24) is 9.97 Å². The number of aromatic nitrogens is 2. The molecule has 0 aliphatic carbocycles. The van der Waals surface area contributed by atoms with Crippen LogP contribution in [0.5, 0.6) is 5.75 Å². The normalized spacial score (nSPS) is 10.4. The third-order valence-corrected chi connectivity index (χ3v) is 2.73. The fraction of sp³-hybridized carbons (Fsp3) is 0.250. The zero-order valence-corrected chi connectivity index (χ0v) is 10.8. The van der Waals surface area contributed by atoms with Gasteiger partial charge in [0.2, 0.25) is 0 Å². The van der Waals surface area contributed by atoms with E-state index in [-0.39, 0.29) is 0 Å². The maximum Gasteiger partial charge on any atom is 0.174 e. The molecule has 0 saturated carbocycles. The van der Waals surface area contributed by atoms with Crippen LogP contribution in [0.25, 0.3) is 11.3 Å². The average molecular weight is 281 g/mol. The number of H-pyrrole nitrogens is 1. The number of aryl methyl sites for hydroxylation is 1. The van der Waals surface area contributed by atoms with Crippen LogP contribution >= 0.6 is 15.9 Å². The Bertz CT molecular complexity index is 494. The van der Waals surface area contributed by atoms with Crippen LogP contribution in [-0.4, -0.2) is 16.6 Å². The summed E-state index contributed by atoms with van der Waals surface area (Å²) in [6.07, 6.45) is 1.80. The van der Waals surface area contributed by atoms with Crippen LogP contribution in [0.15, 0.2) is 29.1 Å². The maximum atomic E-state index is 5.50. The van der Waals surface area contributed by atoms with E-state index in [9.17, 15) is 0 Å². The van der Waals surface area contributed by atoms with E-state index in [0.29, 0.717) is 6.61 Å². The number of hydrogen-bond acceptors (Lipinski definition) is 2. The molecule has 3 nitrogen and oxygen atoms in total. The minimum Gasteiger partial charge on any atom is -0.494 e. The van der Waals surface area contributed by atoms with Crippen LogP contribution in [0.3, 0.4) is 0 Å². The molecule has 4 heteroatoms. The van der Waals surface area contributed by atoms with Crippen LogP contribution in [0.1, 0.15) is 12.5 Å². The topological polar surface area (TPSA) is 37.9 Å². The summed E-state index contributed by atoms with van der Waals surface area (Å²) >= 11 is 3.30. The van der Waals surface area contributed by atoms with Crippen LogP contribution in [0.2, 0.25) is 0 Å². The minimum absolute atomic E-state index is 0.690. The first-order chi connectivity index (χ1) is 7.70. The first kappa shape index (κ1) is 11.2. The van der Waals surface area contributed by atoms with E-state index in [2.05, 4.69) is 32.0 Å². The molecule has 0 amide bonds. The van der Waals surface area contributed by atoms with E-state index in [0.717, 1.165) is 27.3 Å². The highest BCUT2D eigenvalue weighted by Crippen LogP contribution is 2.25. The Labute approximate surface area is 103 Å². The number of ether oxygens (including phenoxy) is 1. The summed E-state index contributed by atoms with van der Waals surface area (Å²) in [6, 6.07) is 6.10. The van der Waals surface area contributed by atoms with Crippen LogP contribution in [-0.2, 0) is 0 Å². The standard InChI is InChI=1S/C12H13BrN2O/c1-3-16-11-5-4-9(6-8(11)2)10-7-14-12(13)15-10/h4-7H,3H2,1-2H3,(H,14,15). The Kier molecular flexibility index (Phi) is 3.29. The molecule has 1 heterocycles. The largest absolute Gasteiger partial charge is 0.494 e. The third kappa shape index (κ3) is 2.27. The van der Waals surface area contributed by atoms with Gasteiger partial charge in [-0.2, -0.15) is 0 Å². The van der Waals surface area contributed by atoms with Gasteiger partial charge >= 0.3 is 0 Å². The van der Waals surface area contributed by atoms with Gasteiger partial charge < -0.3 is 9.72 Å². The summed E-state index contributed by atoms with van der Waals surface area (Å²) in [7, 11) is 0. The van der Waals surface area contributed by atoms with Crippen molar-refractivity contribution in [3.63, 3.8) is 0 Å². The summed E-state index contributed by atoms with van der Waals surface area (Å²) in [5, 5.41) is 0. The lowest BCUT2D eigenvalue weighted by atomic mass is 10.1. The SMILES string of the molecule is CCOc1ccc(-c2cnc(Br)[nH]2)cc1C. The summed E-state index contributed by atoms with van der Waals surface area (Å²) in [5.41, 5.74) is 3.24. The second kappa shape index (κ2) is 4.70. The third-order valence-electron chi connectivity index (χ3n) is 2.33. The smallest absolute Gasteiger partial charge is 0.174 e. The van der Waals surface area contributed by atoms with Crippen molar-refractivity contribution < 1.29 is 4.74 Å². The van der Waals surface area contributed by atoms with Gasteiger partial charge in [0.15, 0.2) is 4.73 Å². The second-order valence-corrected chi connectivity index (χ2v) is 4.25. The lowest BCUT2D eigenvalue weighted by Gasteiger charge is -2.07. The Balaban J connectivity index is 2.34. The predicted molar refractivity (Wildman–Crippen MR) is 67.6 cm³/mol. The first-order valence-corrected chi connectivity index (χ1v) is 5.94. The number of aromatic amines is 1. The van der Waals surface area contributed by atoms with Crippen molar-refractivity contribution in [1.29, 1.82) is 0 Å². The monoisotopic (exact) mass is 280 g/mol. The van der Waals surface area contributed by atoms with Gasteiger partial charge in [-0.25, -0.2) is 4.98 Å². The number of imidazole rings is 1. The molecule has 16 heavy (non-hydrogen) atoms. The summed E-state index contributed by atoms with van der Waals surface area (Å²) in [4.78, 5) is 7.25. The highest BCUT2D eigenvalue weighted by Gasteiger charge is 2.04. The molecule has 1 aromatic carbocycles. The second-order valence-electron chi connectivity index (χ2n) is 3.50. The lowest BCUT2D eigenvalue weighted by Crippen LogP contribution is -1.93. The molecule has 1 aromatic heterocycles. The highest BCUT2D eigenvalue weighted by atomic mass is 79.9. The van der Waals surface area contributed by atoms with E-state index in [1.807, 2.05) is 26.0 Å². The number of benzene rings is 1. The van der Waals surface area contributed by atoms with Gasteiger partial charge in [-0.15, -0.1) is 0 Å². The van der Waals surface area contributed by atoms with E-state index < -0.39 is 0 Å². The highest BCUT2D eigenvalue weighted by molar-refractivity contribution is 9.10. The molecule has 2 aromatic rings. The van der Waals surface area contributed by atoms with Crippen molar-refractivity contribution >= 4 is 15.9 Å². The van der Waals surface area contributed by atoms with E-state index in [4.69, 9.17) is 4.74 Å². The molecule has 0 saturated heterocycles. The zero-order chi connectivity index (χ0) is 11.5. The van der Waals surface area contributed by atoms with Crippen molar-refractivity contribution in [3.8, 4) is 17.0 Å². The van der Waals surface area contributed by atoms with Crippen LogP contribution in [0.4, 0.5) is 0 Å². The molecule has 1 N–H and O–H groups in total. The molecular formula is C12H13BrN2O. The predicted octanol–water partition coefficient (Wildman–Crippen LogP) is 3.55. The summed E-state index contributed by atoms with van der Waals surface area (Å²) in [6.45, 7) is 4.72. The molecule has 0 atom stereocenters. The maximum absolute atomic E-state index is 5.50. The van der Waals surface area contributed by atoms with E-state index >= 15 is 0 Å². The van der Waals surface area contributed by atoms with Gasteiger partial charge in [-0.3, -0.25) is 0 Å². The minimum atomic E-state index is 0.690. The van der Waals surface area contributed by atoms with Gasteiger partial charge in [0, 0.05) is 5.56 Å². The Hall–Kier alpha value is -1.29. The molecule has 2 rings (SSSR count). The Morgan fingerprint density at radius 2 is 2.25 bits per heavy atom. The number of nitrogens with one attached hydrogen (secondary N) is 1. The van der Waals surface area contributed by atoms with E-state index in [1.54, 1.807) is 6.20 Å². The average Bonchev–Trinajstić information content (AvgIpc) is 2.68. The van der Waals surface area contributed by atoms with Crippen molar-refractivity contribution in [2.75, 3.05) is 6.61 Å². The molecule has 0 aliphatic heterocycles. The number of halogens is 1. The fourth-order valence-electron chi connectivity index (χ4n) is 1.58. The van der Waals surface area contributed by atoms with Crippen molar-refractivity contribution in [2.24, 2.45) is 0 Å². The summed E-state index contributed by atoms with van der Waals surface area (Å²) < 4.78 is 6.24. The van der Waals surface area contributed by atoms with Crippen LogP contribution in [0, 0.1) is 6.92 Å². The summed E-state index contributed by atoms with van der Waals surface area (Å²) in [5.74, 6) is 0.935. The van der Waals surface area contributed by atoms with Crippen molar-refractivity contribution in [2.45, 2.75) is 13.8 Å². The molecule has 0 unspecified atom stereocenters. The number of rotatable bonds is 3. The lowest BCUT2D eigenvalue weighted by molar-refractivity contribution is 0.338. The molecule has 84 valence electrons. The van der Waals surface area contributed by atoms with Crippen molar-refractivity contribution in [3.05, 3.63) is 34.7 Å². The quantitative estimate of drug-likeness (QED) is 0.934. The van der Waals surface area contributed by atoms with Gasteiger partial charge in [0.05, 0.1) is 18.5 Å². The van der Waals surface area contributed by atoms with Gasteiger partial charge in [0.1, 0.15) is 5.75 Å².